The smallest absolute Gasteiger partial charge is 0.136 e. The molecule has 12 rings (SSSR count). The van der Waals surface area contributed by atoms with Gasteiger partial charge in [-0.15, -0.1) is 0 Å². The first-order valence-electron chi connectivity index (χ1n) is 26.5. The first-order valence-corrected chi connectivity index (χ1v) is 26.5. The Morgan fingerprint density at radius 3 is 1.29 bits per heavy atom. The fourth-order valence-electron chi connectivity index (χ4n) is 10.9. The van der Waals surface area contributed by atoms with Crippen molar-refractivity contribution in [1.29, 1.82) is 0 Å². The first kappa shape index (κ1) is 47.4. The number of nitrogens with zero attached hydrogens (tertiary/aromatic N) is 2. The lowest BCUT2D eigenvalue weighted by atomic mass is 9.86. The number of furan rings is 1. The summed E-state index contributed by atoms with van der Waals surface area (Å²) in [5, 5.41) is 6.77. The van der Waals surface area contributed by atoms with Crippen LogP contribution in [-0.4, -0.2) is 0 Å². The monoisotopic (exact) mass is 970 g/mol. The van der Waals surface area contributed by atoms with Crippen LogP contribution in [0.2, 0.25) is 0 Å². The molecule has 0 radical (unpaired) electrons. The van der Waals surface area contributed by atoms with E-state index in [2.05, 4.69) is 295 Å². The van der Waals surface area contributed by atoms with E-state index in [0.717, 1.165) is 77.6 Å². The van der Waals surface area contributed by atoms with E-state index in [1.54, 1.807) is 0 Å². The highest BCUT2D eigenvalue weighted by molar-refractivity contribution is 6.14. The molecule has 0 atom stereocenters. The summed E-state index contributed by atoms with van der Waals surface area (Å²) in [5.74, 6) is 0.906. The largest absolute Gasteiger partial charge is 0.456 e. The van der Waals surface area contributed by atoms with Crippen molar-refractivity contribution in [2.75, 3.05) is 9.80 Å². The van der Waals surface area contributed by atoms with E-state index in [0.29, 0.717) is 11.8 Å². The van der Waals surface area contributed by atoms with Crippen LogP contribution in [0, 0.1) is 0 Å². The average molecular weight is 971 g/mol. The van der Waals surface area contributed by atoms with Gasteiger partial charge in [-0.2, -0.15) is 0 Å². The molecule has 0 amide bonds. The van der Waals surface area contributed by atoms with Gasteiger partial charge >= 0.3 is 0 Å². The van der Waals surface area contributed by atoms with Gasteiger partial charge in [0.2, 0.25) is 0 Å². The van der Waals surface area contributed by atoms with Crippen LogP contribution in [-0.2, 0) is 5.41 Å². The number of fused-ring (bicyclic) bond motifs is 5. The van der Waals surface area contributed by atoms with Gasteiger partial charge in [0.15, 0.2) is 0 Å². The molecule has 11 aromatic carbocycles. The summed E-state index contributed by atoms with van der Waals surface area (Å²) in [7, 11) is 0. The summed E-state index contributed by atoms with van der Waals surface area (Å²) >= 11 is 0. The third-order valence-corrected chi connectivity index (χ3v) is 15.1. The van der Waals surface area contributed by atoms with Crippen LogP contribution >= 0.6 is 0 Å². The lowest BCUT2D eigenvalue weighted by Gasteiger charge is -2.29. The summed E-state index contributed by atoms with van der Waals surface area (Å²) in [6.45, 7) is 15.8. The van der Waals surface area contributed by atoms with Crippen LogP contribution in [0.1, 0.15) is 77.0 Å². The maximum Gasteiger partial charge on any atom is 0.136 e. The summed E-state index contributed by atoms with van der Waals surface area (Å²) in [5.41, 5.74) is 19.4. The summed E-state index contributed by atoms with van der Waals surface area (Å²) in [6.07, 6.45) is 0. The van der Waals surface area contributed by atoms with Gasteiger partial charge in [-0.3, -0.25) is 0 Å². The molecule has 0 aliphatic rings. The zero-order valence-electron chi connectivity index (χ0n) is 44.0. The molecule has 0 saturated carbocycles. The second-order valence-electron chi connectivity index (χ2n) is 21.8. The standard InChI is InChI=1S/C72H62N2O/c1-47(2)49-24-26-52(27-25-49)64-20-11-13-22-68(64)73(60-36-30-50(31-37-60)48(3)4)62-38-32-55-43-66-67-44-56-33-39-63(42-58(56)46-71(67)75-70(66)45-57(55)41-62)74(61-19-15-18-54(40-61)51-16-9-8-10-17-51)69-23-14-12-21-65(69)53-28-34-59(35-29-53)72(5,6)7/h8-48H,1-7H3. The number of hydrogen-bond donors (Lipinski definition) is 0. The highest BCUT2D eigenvalue weighted by atomic mass is 16.3. The number of benzene rings is 11. The Bertz CT molecular complexity index is 4030. The zero-order valence-corrected chi connectivity index (χ0v) is 44.0. The second kappa shape index (κ2) is 19.3. The van der Waals surface area contributed by atoms with E-state index in [1.165, 1.54) is 50.1 Å². The van der Waals surface area contributed by atoms with E-state index in [9.17, 15) is 0 Å². The predicted molar refractivity (Wildman–Crippen MR) is 321 cm³/mol. The molecule has 3 heteroatoms. The van der Waals surface area contributed by atoms with E-state index >= 15 is 0 Å². The SMILES string of the molecule is CC(C)c1ccc(-c2ccccc2N(c2ccc(C(C)C)cc2)c2ccc3cc4c(cc3c2)oc2cc3cc(N(c5cccc(-c6ccccc6)c5)c5ccccc5-c5ccc(C(C)(C)C)cc5)ccc3cc24)cc1. The lowest BCUT2D eigenvalue weighted by Crippen LogP contribution is -2.12. The molecule has 75 heavy (non-hydrogen) atoms. The Labute approximate surface area is 442 Å². The van der Waals surface area contributed by atoms with Crippen molar-refractivity contribution >= 4 is 77.6 Å². The first-order chi connectivity index (χ1) is 36.4. The minimum Gasteiger partial charge on any atom is -0.456 e. The third kappa shape index (κ3) is 9.14. The van der Waals surface area contributed by atoms with Gasteiger partial charge in [-0.1, -0.05) is 200 Å². The van der Waals surface area contributed by atoms with E-state index in [1.807, 2.05) is 0 Å². The topological polar surface area (TPSA) is 19.6 Å². The molecule has 0 spiro atoms. The van der Waals surface area contributed by atoms with E-state index in [-0.39, 0.29) is 5.41 Å². The highest BCUT2D eigenvalue weighted by Gasteiger charge is 2.22. The van der Waals surface area contributed by atoms with Crippen molar-refractivity contribution in [3.8, 4) is 33.4 Å². The van der Waals surface area contributed by atoms with Crippen LogP contribution < -0.4 is 9.80 Å². The van der Waals surface area contributed by atoms with E-state index in [4.69, 9.17) is 4.42 Å². The molecule has 0 N–H and O–H groups in total. The Balaban J connectivity index is 0.965. The van der Waals surface area contributed by atoms with Gasteiger partial charge in [-0.25, -0.2) is 0 Å². The van der Waals surface area contributed by atoms with Crippen molar-refractivity contribution in [2.24, 2.45) is 0 Å². The van der Waals surface area contributed by atoms with Crippen molar-refractivity contribution in [3.63, 3.8) is 0 Å². The molecule has 0 aliphatic heterocycles. The fraction of sp³-hybridized carbons (Fsp3) is 0.139. The molecule has 0 fully saturated rings. The minimum absolute atomic E-state index is 0.0622. The molecule has 366 valence electrons. The number of anilines is 6. The summed E-state index contributed by atoms with van der Waals surface area (Å²) in [6, 6.07) is 87.1. The highest BCUT2D eigenvalue weighted by Crippen LogP contribution is 2.46. The quantitative estimate of drug-likeness (QED) is 0.129. The Hall–Kier alpha value is -8.66. The van der Waals surface area contributed by atoms with Gasteiger partial charge in [-0.05, 0) is 163 Å². The minimum atomic E-state index is 0.0622. The Kier molecular flexibility index (Phi) is 12.2. The molecule has 12 aromatic rings. The van der Waals surface area contributed by atoms with Crippen molar-refractivity contribution in [1.82, 2.24) is 0 Å². The van der Waals surface area contributed by atoms with E-state index < -0.39 is 0 Å². The Morgan fingerprint density at radius 1 is 0.333 bits per heavy atom. The lowest BCUT2D eigenvalue weighted by molar-refractivity contribution is 0.590. The predicted octanol–water partition coefficient (Wildman–Crippen LogP) is 21.4. The number of para-hydroxylation sites is 2. The van der Waals surface area contributed by atoms with Gasteiger partial charge in [0, 0.05) is 44.6 Å². The number of hydrogen-bond acceptors (Lipinski definition) is 3. The third-order valence-electron chi connectivity index (χ3n) is 15.1. The van der Waals surface area contributed by atoms with Gasteiger partial charge in [0.25, 0.3) is 0 Å². The van der Waals surface area contributed by atoms with Crippen LogP contribution in [0.25, 0.3) is 76.9 Å². The fourth-order valence-corrected chi connectivity index (χ4v) is 10.9. The van der Waals surface area contributed by atoms with Crippen molar-refractivity contribution in [2.45, 2.75) is 65.7 Å². The van der Waals surface area contributed by atoms with Crippen LogP contribution in [0.15, 0.2) is 241 Å². The molecule has 0 saturated heterocycles. The molecular formula is C72H62N2O. The number of rotatable bonds is 11. The molecule has 1 aromatic heterocycles. The van der Waals surface area contributed by atoms with Gasteiger partial charge in [0.05, 0.1) is 11.4 Å². The van der Waals surface area contributed by atoms with Crippen LogP contribution in [0.3, 0.4) is 0 Å². The summed E-state index contributed by atoms with van der Waals surface area (Å²) in [4.78, 5) is 4.82. The average Bonchev–Trinajstić information content (AvgIpc) is 3.78. The van der Waals surface area contributed by atoms with Crippen LogP contribution in [0.4, 0.5) is 34.1 Å². The maximum atomic E-state index is 6.89. The normalized spacial score (nSPS) is 11.9. The molecule has 0 aliphatic carbocycles. The molecule has 3 nitrogen and oxygen atoms in total. The molecule has 1 heterocycles. The van der Waals surface area contributed by atoms with Crippen LogP contribution in [0.5, 0.6) is 0 Å². The second-order valence-corrected chi connectivity index (χ2v) is 21.8. The maximum absolute atomic E-state index is 6.89. The van der Waals surface area contributed by atoms with Gasteiger partial charge < -0.3 is 14.2 Å². The van der Waals surface area contributed by atoms with Gasteiger partial charge in [0.1, 0.15) is 11.2 Å². The molecule has 0 unspecified atom stereocenters. The molecular weight excluding hydrogens is 909 g/mol. The Morgan fingerprint density at radius 2 is 0.773 bits per heavy atom. The van der Waals surface area contributed by atoms with Crippen molar-refractivity contribution < 1.29 is 4.42 Å². The molecule has 0 bridgehead atoms. The zero-order chi connectivity index (χ0) is 51.4. The summed E-state index contributed by atoms with van der Waals surface area (Å²) < 4.78 is 6.89. The van der Waals surface area contributed by atoms with Crippen molar-refractivity contribution in [3.05, 3.63) is 253 Å².